The zero-order chi connectivity index (χ0) is 12.3. The van der Waals surface area contributed by atoms with Gasteiger partial charge in [-0.3, -0.25) is 0 Å². The molecule has 0 amide bonds. The van der Waals surface area contributed by atoms with Crippen LogP contribution in [0, 0.1) is 6.92 Å². The average Bonchev–Trinajstić information content (AvgIpc) is 2.33. The standard InChI is InChI=1S/C15H22FN/c1-11-6-7-13(12(2)16)9-14(11)10-15-5-3-4-8-17-15/h6-7,9,12,15,17H,3-5,8,10H2,1-2H3. The zero-order valence-electron chi connectivity index (χ0n) is 10.8. The van der Waals surface area contributed by atoms with Crippen molar-refractivity contribution >= 4 is 0 Å². The van der Waals surface area contributed by atoms with Gasteiger partial charge in [0.1, 0.15) is 6.17 Å². The average molecular weight is 235 g/mol. The van der Waals surface area contributed by atoms with Crippen molar-refractivity contribution in [2.75, 3.05) is 6.54 Å². The van der Waals surface area contributed by atoms with Gasteiger partial charge < -0.3 is 5.32 Å². The third-order valence-electron chi connectivity index (χ3n) is 3.71. The van der Waals surface area contributed by atoms with Crippen LogP contribution >= 0.6 is 0 Å². The number of benzene rings is 1. The predicted octanol–water partition coefficient (Wildman–Crippen LogP) is 3.71. The van der Waals surface area contributed by atoms with E-state index in [9.17, 15) is 4.39 Å². The van der Waals surface area contributed by atoms with E-state index < -0.39 is 6.17 Å². The first-order chi connectivity index (χ1) is 8.16. The molecule has 94 valence electrons. The second-order valence-corrected chi connectivity index (χ2v) is 5.15. The summed E-state index contributed by atoms with van der Waals surface area (Å²) in [6.07, 6.45) is 4.02. The number of aryl methyl sites for hydroxylation is 1. The van der Waals surface area contributed by atoms with Crippen molar-refractivity contribution < 1.29 is 4.39 Å². The molecule has 17 heavy (non-hydrogen) atoms. The number of hydrogen-bond acceptors (Lipinski definition) is 1. The molecule has 0 spiro atoms. The molecule has 2 atom stereocenters. The maximum Gasteiger partial charge on any atom is 0.122 e. The molecule has 2 unspecified atom stereocenters. The molecule has 1 aromatic carbocycles. The fourth-order valence-electron chi connectivity index (χ4n) is 2.52. The maximum atomic E-state index is 13.3. The summed E-state index contributed by atoms with van der Waals surface area (Å²) in [6, 6.07) is 6.56. The van der Waals surface area contributed by atoms with E-state index in [2.05, 4.69) is 12.2 Å². The lowest BCUT2D eigenvalue weighted by atomic mass is 9.93. The Kier molecular flexibility index (Phi) is 4.16. The molecule has 1 aliphatic heterocycles. The molecule has 2 heteroatoms. The monoisotopic (exact) mass is 235 g/mol. The summed E-state index contributed by atoms with van der Waals surface area (Å²) < 4.78 is 13.3. The molecule has 0 radical (unpaired) electrons. The Hall–Kier alpha value is -0.890. The number of alkyl halides is 1. The first kappa shape index (κ1) is 12.6. The molecule has 1 N–H and O–H groups in total. The van der Waals surface area contributed by atoms with Gasteiger partial charge in [-0.05, 0) is 56.3 Å². The Bertz CT molecular complexity index is 367. The molecule has 0 aliphatic carbocycles. The highest BCUT2D eigenvalue weighted by molar-refractivity contribution is 5.32. The molecule has 1 saturated heterocycles. The van der Waals surface area contributed by atoms with Gasteiger partial charge in [0, 0.05) is 6.04 Å². The Balaban J connectivity index is 2.10. The van der Waals surface area contributed by atoms with Crippen molar-refractivity contribution in [1.29, 1.82) is 0 Å². The molecule has 1 aliphatic rings. The van der Waals surface area contributed by atoms with Crippen molar-refractivity contribution in [1.82, 2.24) is 5.32 Å². The maximum absolute atomic E-state index is 13.3. The van der Waals surface area contributed by atoms with E-state index in [-0.39, 0.29) is 0 Å². The van der Waals surface area contributed by atoms with Crippen molar-refractivity contribution in [3.05, 3.63) is 34.9 Å². The summed E-state index contributed by atoms with van der Waals surface area (Å²) in [5, 5.41) is 3.55. The minimum atomic E-state index is -0.867. The Morgan fingerprint density at radius 1 is 1.41 bits per heavy atom. The molecule has 1 nitrogen and oxygen atoms in total. The van der Waals surface area contributed by atoms with Gasteiger partial charge in [-0.25, -0.2) is 4.39 Å². The molecule has 2 rings (SSSR count). The van der Waals surface area contributed by atoms with Crippen LogP contribution in [0.1, 0.15) is 49.0 Å². The predicted molar refractivity (Wildman–Crippen MR) is 70.0 cm³/mol. The third kappa shape index (κ3) is 3.29. The zero-order valence-corrected chi connectivity index (χ0v) is 10.8. The third-order valence-corrected chi connectivity index (χ3v) is 3.71. The smallest absolute Gasteiger partial charge is 0.122 e. The minimum Gasteiger partial charge on any atom is -0.314 e. The highest BCUT2D eigenvalue weighted by atomic mass is 19.1. The molecule has 1 heterocycles. The van der Waals surface area contributed by atoms with E-state index in [1.165, 1.54) is 30.4 Å². The van der Waals surface area contributed by atoms with E-state index >= 15 is 0 Å². The fourth-order valence-corrected chi connectivity index (χ4v) is 2.52. The van der Waals surface area contributed by atoms with Crippen molar-refractivity contribution in [2.24, 2.45) is 0 Å². The molecule has 0 bridgehead atoms. The highest BCUT2D eigenvalue weighted by Crippen LogP contribution is 2.22. The quantitative estimate of drug-likeness (QED) is 0.842. The van der Waals surface area contributed by atoms with Crippen LogP contribution in [-0.2, 0) is 6.42 Å². The number of halogens is 1. The van der Waals surface area contributed by atoms with Crippen LogP contribution in [0.2, 0.25) is 0 Å². The van der Waals surface area contributed by atoms with E-state index in [1.54, 1.807) is 6.92 Å². The lowest BCUT2D eigenvalue weighted by Crippen LogP contribution is -2.35. The van der Waals surface area contributed by atoms with Crippen LogP contribution in [0.5, 0.6) is 0 Å². The van der Waals surface area contributed by atoms with Gasteiger partial charge in [-0.2, -0.15) is 0 Å². The van der Waals surface area contributed by atoms with Gasteiger partial charge in [0.15, 0.2) is 0 Å². The summed E-state index contributed by atoms with van der Waals surface area (Å²) in [7, 11) is 0. The minimum absolute atomic E-state index is 0.576. The number of hydrogen-bond donors (Lipinski definition) is 1. The first-order valence-electron chi connectivity index (χ1n) is 6.63. The molecular weight excluding hydrogens is 213 g/mol. The second-order valence-electron chi connectivity index (χ2n) is 5.15. The van der Waals surface area contributed by atoms with Crippen molar-refractivity contribution in [3.63, 3.8) is 0 Å². The van der Waals surface area contributed by atoms with E-state index in [0.29, 0.717) is 6.04 Å². The Labute approximate surface area is 103 Å². The Morgan fingerprint density at radius 3 is 2.88 bits per heavy atom. The summed E-state index contributed by atoms with van der Waals surface area (Å²) >= 11 is 0. The van der Waals surface area contributed by atoms with Gasteiger partial charge >= 0.3 is 0 Å². The highest BCUT2D eigenvalue weighted by Gasteiger charge is 2.15. The largest absolute Gasteiger partial charge is 0.314 e. The van der Waals surface area contributed by atoms with Gasteiger partial charge in [-0.15, -0.1) is 0 Å². The van der Waals surface area contributed by atoms with Crippen LogP contribution in [0.15, 0.2) is 18.2 Å². The van der Waals surface area contributed by atoms with Gasteiger partial charge in [-0.1, -0.05) is 24.6 Å². The van der Waals surface area contributed by atoms with E-state index in [1.807, 2.05) is 18.2 Å². The number of rotatable bonds is 3. The number of piperidine rings is 1. The van der Waals surface area contributed by atoms with Crippen LogP contribution in [-0.4, -0.2) is 12.6 Å². The van der Waals surface area contributed by atoms with Crippen LogP contribution < -0.4 is 5.32 Å². The topological polar surface area (TPSA) is 12.0 Å². The van der Waals surface area contributed by atoms with E-state index in [4.69, 9.17) is 0 Å². The van der Waals surface area contributed by atoms with Gasteiger partial charge in [0.05, 0.1) is 0 Å². The van der Waals surface area contributed by atoms with Gasteiger partial charge in [0.2, 0.25) is 0 Å². The van der Waals surface area contributed by atoms with Crippen LogP contribution in [0.3, 0.4) is 0 Å². The number of nitrogens with one attached hydrogen (secondary N) is 1. The lowest BCUT2D eigenvalue weighted by molar-refractivity contribution is 0.373. The molecule has 1 aromatic rings. The van der Waals surface area contributed by atoms with E-state index in [0.717, 1.165) is 18.5 Å². The first-order valence-corrected chi connectivity index (χ1v) is 6.63. The van der Waals surface area contributed by atoms with Gasteiger partial charge in [0.25, 0.3) is 0 Å². The molecular formula is C15H22FN. The van der Waals surface area contributed by atoms with Crippen molar-refractivity contribution in [3.8, 4) is 0 Å². The molecule has 0 aromatic heterocycles. The normalized spacial score (nSPS) is 22.4. The van der Waals surface area contributed by atoms with Crippen molar-refractivity contribution in [2.45, 2.75) is 51.7 Å². The molecule has 0 saturated carbocycles. The fraction of sp³-hybridized carbons (Fsp3) is 0.600. The SMILES string of the molecule is Cc1ccc(C(C)F)cc1CC1CCCCN1. The lowest BCUT2D eigenvalue weighted by Gasteiger charge is -2.24. The second kappa shape index (κ2) is 5.63. The summed E-state index contributed by atoms with van der Waals surface area (Å²) in [5.74, 6) is 0. The van der Waals surface area contributed by atoms with Crippen LogP contribution in [0.4, 0.5) is 4.39 Å². The summed E-state index contributed by atoms with van der Waals surface area (Å²) in [6.45, 7) is 4.85. The summed E-state index contributed by atoms with van der Waals surface area (Å²) in [4.78, 5) is 0. The Morgan fingerprint density at radius 2 is 2.24 bits per heavy atom. The van der Waals surface area contributed by atoms with Crippen LogP contribution in [0.25, 0.3) is 0 Å². The summed E-state index contributed by atoms with van der Waals surface area (Å²) in [5.41, 5.74) is 3.38. The molecule has 1 fully saturated rings.